The van der Waals surface area contributed by atoms with Crippen LogP contribution < -0.4 is 5.32 Å². The molecular formula is C16H21NO3. The Labute approximate surface area is 119 Å². The molecule has 1 aliphatic heterocycles. The van der Waals surface area contributed by atoms with Crippen LogP contribution in [0, 0.1) is 0 Å². The zero-order valence-electron chi connectivity index (χ0n) is 11.6. The average Bonchev–Trinajstić information content (AvgIpc) is 2.48. The molecule has 1 heterocycles. The first-order valence-electron chi connectivity index (χ1n) is 7.41. The molecule has 2 aliphatic rings. The van der Waals surface area contributed by atoms with Crippen molar-refractivity contribution in [3.05, 3.63) is 35.4 Å². The first kappa shape index (κ1) is 13.6. The van der Waals surface area contributed by atoms with E-state index in [0.29, 0.717) is 13.0 Å². The minimum absolute atomic E-state index is 0.0723. The van der Waals surface area contributed by atoms with E-state index in [1.54, 1.807) is 0 Å². The number of benzene rings is 1. The number of hydrogen-bond donors (Lipinski definition) is 1. The highest BCUT2D eigenvalue weighted by Crippen LogP contribution is 2.32. The standard InChI is InChI=1S/C16H21NO3/c18-16(10-13-11-19-9-8-17-13)20-15-7-3-5-12-4-1-2-6-14(12)15/h1-2,4,6,13,15,17H,3,5,7-11H2. The lowest BCUT2D eigenvalue weighted by Gasteiger charge is -2.27. The SMILES string of the molecule is O=C(CC1COCCN1)OC1CCCc2ccccc21. The van der Waals surface area contributed by atoms with Gasteiger partial charge in [0.25, 0.3) is 0 Å². The van der Waals surface area contributed by atoms with Crippen LogP contribution in [0.5, 0.6) is 0 Å². The Kier molecular flexibility index (Phi) is 4.33. The average molecular weight is 275 g/mol. The Bertz CT molecular complexity index is 469. The van der Waals surface area contributed by atoms with Gasteiger partial charge in [0.1, 0.15) is 6.10 Å². The number of hydrogen-bond acceptors (Lipinski definition) is 4. The van der Waals surface area contributed by atoms with Gasteiger partial charge >= 0.3 is 5.97 Å². The number of fused-ring (bicyclic) bond motifs is 1. The molecule has 0 amide bonds. The maximum atomic E-state index is 12.1. The Morgan fingerprint density at radius 1 is 1.40 bits per heavy atom. The number of carbonyl (C=O) groups excluding carboxylic acids is 1. The molecule has 1 aromatic carbocycles. The van der Waals surface area contributed by atoms with E-state index in [4.69, 9.17) is 9.47 Å². The third-order valence-corrected chi connectivity index (χ3v) is 4.00. The highest BCUT2D eigenvalue weighted by atomic mass is 16.5. The normalized spacial score (nSPS) is 25.8. The predicted molar refractivity (Wildman–Crippen MR) is 75.4 cm³/mol. The predicted octanol–water partition coefficient (Wildman–Crippen LogP) is 1.99. The van der Waals surface area contributed by atoms with Gasteiger partial charge in [0.15, 0.2) is 0 Å². The van der Waals surface area contributed by atoms with E-state index < -0.39 is 0 Å². The summed E-state index contributed by atoms with van der Waals surface area (Å²) in [4.78, 5) is 12.1. The number of esters is 1. The van der Waals surface area contributed by atoms with E-state index in [9.17, 15) is 4.79 Å². The van der Waals surface area contributed by atoms with Crippen LogP contribution >= 0.6 is 0 Å². The monoisotopic (exact) mass is 275 g/mol. The topological polar surface area (TPSA) is 47.6 Å². The fourth-order valence-corrected chi connectivity index (χ4v) is 2.99. The van der Waals surface area contributed by atoms with Crippen LogP contribution in [-0.4, -0.2) is 31.8 Å². The number of ether oxygens (including phenoxy) is 2. The van der Waals surface area contributed by atoms with Crippen LogP contribution in [0.15, 0.2) is 24.3 Å². The fourth-order valence-electron chi connectivity index (χ4n) is 2.99. The molecule has 1 saturated heterocycles. The van der Waals surface area contributed by atoms with Crippen molar-refractivity contribution in [3.63, 3.8) is 0 Å². The van der Waals surface area contributed by atoms with Gasteiger partial charge in [0.2, 0.25) is 0 Å². The zero-order valence-corrected chi connectivity index (χ0v) is 11.6. The van der Waals surface area contributed by atoms with Crippen LogP contribution in [-0.2, 0) is 20.7 Å². The molecule has 2 unspecified atom stereocenters. The van der Waals surface area contributed by atoms with Crippen LogP contribution in [0.4, 0.5) is 0 Å². The highest BCUT2D eigenvalue weighted by Gasteiger charge is 2.25. The van der Waals surface area contributed by atoms with Gasteiger partial charge in [-0.3, -0.25) is 4.79 Å². The molecule has 4 heteroatoms. The molecule has 108 valence electrons. The van der Waals surface area contributed by atoms with E-state index in [1.165, 1.54) is 11.1 Å². The Morgan fingerprint density at radius 3 is 3.15 bits per heavy atom. The maximum Gasteiger partial charge on any atom is 0.308 e. The summed E-state index contributed by atoms with van der Waals surface area (Å²) in [5.74, 6) is -0.130. The van der Waals surface area contributed by atoms with Crippen molar-refractivity contribution in [2.75, 3.05) is 19.8 Å². The van der Waals surface area contributed by atoms with Crippen molar-refractivity contribution in [2.45, 2.75) is 37.8 Å². The Hall–Kier alpha value is -1.39. The number of rotatable bonds is 3. The summed E-state index contributed by atoms with van der Waals surface area (Å²) in [6, 6.07) is 8.36. The van der Waals surface area contributed by atoms with Gasteiger partial charge in [-0.05, 0) is 30.4 Å². The number of morpholine rings is 1. The molecular weight excluding hydrogens is 254 g/mol. The fraction of sp³-hybridized carbons (Fsp3) is 0.562. The van der Waals surface area contributed by atoms with E-state index in [-0.39, 0.29) is 18.1 Å². The van der Waals surface area contributed by atoms with Gasteiger partial charge in [0.05, 0.1) is 19.6 Å². The zero-order chi connectivity index (χ0) is 13.8. The lowest BCUT2D eigenvalue weighted by atomic mass is 9.89. The molecule has 2 atom stereocenters. The second kappa shape index (κ2) is 6.37. The summed E-state index contributed by atoms with van der Waals surface area (Å²) in [7, 11) is 0. The summed E-state index contributed by atoms with van der Waals surface area (Å²) in [5.41, 5.74) is 2.50. The van der Waals surface area contributed by atoms with Gasteiger partial charge in [-0.1, -0.05) is 24.3 Å². The summed E-state index contributed by atoms with van der Waals surface area (Å²) >= 11 is 0. The van der Waals surface area contributed by atoms with Crippen LogP contribution in [0.1, 0.15) is 36.5 Å². The minimum atomic E-state index is -0.130. The summed E-state index contributed by atoms with van der Waals surface area (Å²) in [6.45, 7) is 2.13. The van der Waals surface area contributed by atoms with Gasteiger partial charge in [0, 0.05) is 12.6 Å². The lowest BCUT2D eigenvalue weighted by molar-refractivity contribution is -0.151. The van der Waals surface area contributed by atoms with E-state index >= 15 is 0 Å². The van der Waals surface area contributed by atoms with E-state index in [1.807, 2.05) is 12.1 Å². The quantitative estimate of drug-likeness (QED) is 0.857. The van der Waals surface area contributed by atoms with Crippen molar-refractivity contribution in [1.82, 2.24) is 5.32 Å². The first-order valence-corrected chi connectivity index (χ1v) is 7.41. The van der Waals surface area contributed by atoms with Gasteiger partial charge < -0.3 is 14.8 Å². The van der Waals surface area contributed by atoms with Crippen molar-refractivity contribution in [1.29, 1.82) is 0 Å². The van der Waals surface area contributed by atoms with E-state index in [0.717, 1.165) is 32.4 Å². The Balaban J connectivity index is 1.59. The number of carbonyl (C=O) groups is 1. The molecule has 3 rings (SSSR count). The van der Waals surface area contributed by atoms with Crippen LogP contribution in [0.2, 0.25) is 0 Å². The van der Waals surface area contributed by atoms with Crippen molar-refractivity contribution >= 4 is 5.97 Å². The first-order chi connectivity index (χ1) is 9.83. The molecule has 0 saturated carbocycles. The molecule has 1 fully saturated rings. The van der Waals surface area contributed by atoms with Crippen molar-refractivity contribution in [3.8, 4) is 0 Å². The second-order valence-corrected chi connectivity index (χ2v) is 5.50. The Morgan fingerprint density at radius 2 is 2.30 bits per heavy atom. The molecule has 20 heavy (non-hydrogen) atoms. The minimum Gasteiger partial charge on any atom is -0.457 e. The molecule has 1 N–H and O–H groups in total. The molecule has 0 aromatic heterocycles. The molecule has 4 nitrogen and oxygen atoms in total. The van der Waals surface area contributed by atoms with Gasteiger partial charge in [-0.15, -0.1) is 0 Å². The van der Waals surface area contributed by atoms with Crippen molar-refractivity contribution < 1.29 is 14.3 Å². The van der Waals surface area contributed by atoms with Crippen molar-refractivity contribution in [2.24, 2.45) is 0 Å². The van der Waals surface area contributed by atoms with Crippen LogP contribution in [0.3, 0.4) is 0 Å². The molecule has 1 aromatic rings. The molecule has 1 aliphatic carbocycles. The lowest BCUT2D eigenvalue weighted by Crippen LogP contribution is -2.42. The third-order valence-electron chi connectivity index (χ3n) is 4.00. The molecule has 0 radical (unpaired) electrons. The summed E-state index contributed by atoms with van der Waals surface area (Å²) < 4.78 is 11.0. The highest BCUT2D eigenvalue weighted by molar-refractivity contribution is 5.70. The van der Waals surface area contributed by atoms with Crippen LogP contribution in [0.25, 0.3) is 0 Å². The third kappa shape index (κ3) is 3.19. The van der Waals surface area contributed by atoms with Gasteiger partial charge in [-0.2, -0.15) is 0 Å². The smallest absolute Gasteiger partial charge is 0.308 e. The summed E-state index contributed by atoms with van der Waals surface area (Å²) in [6.07, 6.45) is 3.41. The van der Waals surface area contributed by atoms with E-state index in [2.05, 4.69) is 17.4 Å². The molecule has 0 spiro atoms. The number of aryl methyl sites for hydroxylation is 1. The maximum absolute atomic E-state index is 12.1. The largest absolute Gasteiger partial charge is 0.457 e. The second-order valence-electron chi connectivity index (χ2n) is 5.50. The summed E-state index contributed by atoms with van der Waals surface area (Å²) in [5, 5.41) is 3.28. The van der Waals surface area contributed by atoms with Gasteiger partial charge in [-0.25, -0.2) is 0 Å². The number of nitrogens with one attached hydrogen (secondary N) is 1. The molecule has 0 bridgehead atoms.